The van der Waals surface area contributed by atoms with E-state index in [9.17, 15) is 0 Å². The van der Waals surface area contributed by atoms with Gasteiger partial charge in [-0.15, -0.1) is 0 Å². The number of imidazole rings is 1. The van der Waals surface area contributed by atoms with Crippen molar-refractivity contribution in [3.8, 4) is 0 Å². The topological polar surface area (TPSA) is 67.6 Å². The van der Waals surface area contributed by atoms with Crippen molar-refractivity contribution in [1.82, 2.24) is 15.0 Å². The molecule has 2 aromatic heterocycles. The first kappa shape index (κ1) is 12.2. The first-order chi connectivity index (χ1) is 7.83. The highest BCUT2D eigenvalue weighted by Crippen LogP contribution is 2.01. The fourth-order valence-corrected chi connectivity index (χ4v) is 1.16. The van der Waals surface area contributed by atoms with Gasteiger partial charge in [0, 0.05) is 25.0 Å². The highest BCUT2D eigenvalue weighted by molar-refractivity contribution is 5.24. The SMILES string of the molecule is CCCCc1nc(N)c[nH]1.c1ccncc1. The van der Waals surface area contributed by atoms with Crippen LogP contribution in [-0.4, -0.2) is 15.0 Å². The molecule has 0 fully saturated rings. The van der Waals surface area contributed by atoms with Crippen molar-refractivity contribution < 1.29 is 0 Å². The summed E-state index contributed by atoms with van der Waals surface area (Å²) in [6.07, 6.45) is 8.60. The zero-order valence-electron chi connectivity index (χ0n) is 9.56. The molecule has 0 radical (unpaired) electrons. The molecule has 3 N–H and O–H groups in total. The average Bonchev–Trinajstić information content (AvgIpc) is 2.76. The molecule has 4 nitrogen and oxygen atoms in total. The first-order valence-corrected chi connectivity index (χ1v) is 5.47. The lowest BCUT2D eigenvalue weighted by molar-refractivity contribution is 0.763. The van der Waals surface area contributed by atoms with Crippen LogP contribution in [0, 0.1) is 0 Å². The highest BCUT2D eigenvalue weighted by Gasteiger charge is 1.95. The van der Waals surface area contributed by atoms with E-state index < -0.39 is 0 Å². The number of hydrogen-bond acceptors (Lipinski definition) is 3. The molecule has 0 bridgehead atoms. The van der Waals surface area contributed by atoms with Gasteiger partial charge in [-0.3, -0.25) is 4.98 Å². The van der Waals surface area contributed by atoms with Gasteiger partial charge in [0.2, 0.25) is 0 Å². The lowest BCUT2D eigenvalue weighted by Crippen LogP contribution is -1.88. The summed E-state index contributed by atoms with van der Waals surface area (Å²) in [6, 6.07) is 5.72. The molecule has 0 unspecified atom stereocenters. The van der Waals surface area contributed by atoms with E-state index in [2.05, 4.69) is 21.9 Å². The van der Waals surface area contributed by atoms with Crippen LogP contribution in [0.25, 0.3) is 0 Å². The fourth-order valence-electron chi connectivity index (χ4n) is 1.16. The number of nitrogens with zero attached hydrogens (tertiary/aromatic N) is 2. The van der Waals surface area contributed by atoms with Gasteiger partial charge in [-0.05, 0) is 18.6 Å². The lowest BCUT2D eigenvalue weighted by atomic mass is 10.2. The van der Waals surface area contributed by atoms with Crippen molar-refractivity contribution in [3.63, 3.8) is 0 Å². The van der Waals surface area contributed by atoms with E-state index in [0.29, 0.717) is 5.82 Å². The predicted octanol–water partition coefficient (Wildman–Crippen LogP) is 2.42. The number of hydrogen-bond donors (Lipinski definition) is 2. The van der Waals surface area contributed by atoms with Gasteiger partial charge in [0.1, 0.15) is 11.6 Å². The maximum absolute atomic E-state index is 5.41. The molecule has 0 saturated carbocycles. The first-order valence-electron chi connectivity index (χ1n) is 5.47. The minimum Gasteiger partial charge on any atom is -0.382 e. The van der Waals surface area contributed by atoms with Crippen LogP contribution < -0.4 is 5.73 Å². The highest BCUT2D eigenvalue weighted by atomic mass is 15.0. The molecule has 0 aliphatic carbocycles. The number of unbranched alkanes of at least 4 members (excludes halogenated alkanes) is 1. The van der Waals surface area contributed by atoms with Gasteiger partial charge < -0.3 is 10.7 Å². The third-order valence-corrected chi connectivity index (χ3v) is 1.98. The Morgan fingerprint density at radius 2 is 2.00 bits per heavy atom. The fraction of sp³-hybridized carbons (Fsp3) is 0.333. The van der Waals surface area contributed by atoms with Crippen LogP contribution in [0.4, 0.5) is 5.82 Å². The molecule has 0 spiro atoms. The van der Waals surface area contributed by atoms with Crippen molar-refractivity contribution in [3.05, 3.63) is 42.6 Å². The number of H-pyrrole nitrogens is 1. The standard InChI is InChI=1S/C7H13N3.C5H5N/c1-2-3-4-7-9-5-6(8)10-7;1-2-4-6-5-3-1/h5H,2-4,8H2,1H3,(H,9,10);1-5H. The number of aromatic amines is 1. The zero-order chi connectivity index (χ0) is 11.6. The number of pyridine rings is 1. The van der Waals surface area contributed by atoms with Gasteiger partial charge in [0.05, 0.1) is 0 Å². The van der Waals surface area contributed by atoms with E-state index in [1.54, 1.807) is 18.6 Å². The number of rotatable bonds is 3. The quantitative estimate of drug-likeness (QED) is 0.831. The molecular weight excluding hydrogens is 200 g/mol. The van der Waals surface area contributed by atoms with Gasteiger partial charge in [0.15, 0.2) is 0 Å². The Balaban J connectivity index is 0.000000181. The molecule has 0 saturated heterocycles. The van der Waals surface area contributed by atoms with Gasteiger partial charge >= 0.3 is 0 Å². The molecule has 2 rings (SSSR count). The zero-order valence-corrected chi connectivity index (χ0v) is 9.56. The van der Waals surface area contributed by atoms with Crippen LogP contribution in [0.5, 0.6) is 0 Å². The maximum Gasteiger partial charge on any atom is 0.141 e. The van der Waals surface area contributed by atoms with Crippen molar-refractivity contribution >= 4 is 5.82 Å². The van der Waals surface area contributed by atoms with Crippen molar-refractivity contribution in [2.24, 2.45) is 0 Å². The number of aryl methyl sites for hydroxylation is 1. The molecule has 0 amide bonds. The number of nitrogens with two attached hydrogens (primary N) is 1. The molecule has 2 aromatic rings. The molecular formula is C12H18N4. The smallest absolute Gasteiger partial charge is 0.141 e. The molecule has 0 atom stereocenters. The van der Waals surface area contributed by atoms with Crippen molar-refractivity contribution in [2.45, 2.75) is 26.2 Å². The average molecular weight is 218 g/mol. The van der Waals surface area contributed by atoms with Crippen LogP contribution in [0.2, 0.25) is 0 Å². The van der Waals surface area contributed by atoms with E-state index >= 15 is 0 Å². The summed E-state index contributed by atoms with van der Waals surface area (Å²) in [5, 5.41) is 0. The molecule has 2 heterocycles. The van der Waals surface area contributed by atoms with Gasteiger partial charge in [-0.1, -0.05) is 19.4 Å². The summed E-state index contributed by atoms with van der Waals surface area (Å²) in [5.41, 5.74) is 5.41. The molecule has 86 valence electrons. The summed E-state index contributed by atoms with van der Waals surface area (Å²) in [6.45, 7) is 2.16. The van der Waals surface area contributed by atoms with E-state index in [-0.39, 0.29) is 0 Å². The van der Waals surface area contributed by atoms with E-state index in [1.165, 1.54) is 12.8 Å². The molecule has 0 aromatic carbocycles. The number of aromatic nitrogens is 3. The van der Waals surface area contributed by atoms with Crippen molar-refractivity contribution in [2.75, 3.05) is 5.73 Å². The third-order valence-electron chi connectivity index (χ3n) is 1.98. The van der Waals surface area contributed by atoms with Gasteiger partial charge in [-0.25, -0.2) is 4.98 Å². The second-order valence-corrected chi connectivity index (χ2v) is 3.40. The number of nitrogens with one attached hydrogen (secondary N) is 1. The summed E-state index contributed by atoms with van der Waals surface area (Å²) < 4.78 is 0. The van der Waals surface area contributed by atoms with Crippen LogP contribution in [0.3, 0.4) is 0 Å². The number of nitrogen functional groups attached to an aromatic ring is 1. The predicted molar refractivity (Wildman–Crippen MR) is 65.8 cm³/mol. The Kier molecular flexibility index (Phi) is 5.70. The maximum atomic E-state index is 5.41. The molecule has 16 heavy (non-hydrogen) atoms. The Bertz CT molecular complexity index is 343. The third kappa shape index (κ3) is 5.14. The summed E-state index contributed by atoms with van der Waals surface area (Å²) in [4.78, 5) is 10.9. The van der Waals surface area contributed by atoms with Gasteiger partial charge in [0.25, 0.3) is 0 Å². The Labute approximate surface area is 95.9 Å². The van der Waals surface area contributed by atoms with E-state index in [1.807, 2.05) is 18.2 Å². The summed E-state index contributed by atoms with van der Waals surface area (Å²) in [5.74, 6) is 1.59. The largest absolute Gasteiger partial charge is 0.382 e. The van der Waals surface area contributed by atoms with E-state index in [0.717, 1.165) is 12.2 Å². The minimum atomic E-state index is 0.589. The normalized spacial score (nSPS) is 9.31. The van der Waals surface area contributed by atoms with Crippen LogP contribution in [0.15, 0.2) is 36.8 Å². The Morgan fingerprint density at radius 3 is 2.38 bits per heavy atom. The minimum absolute atomic E-state index is 0.589. The number of anilines is 1. The van der Waals surface area contributed by atoms with Crippen LogP contribution in [-0.2, 0) is 6.42 Å². The lowest BCUT2D eigenvalue weighted by Gasteiger charge is -1.90. The van der Waals surface area contributed by atoms with Crippen LogP contribution >= 0.6 is 0 Å². The molecule has 0 aliphatic rings. The molecule has 0 aliphatic heterocycles. The van der Waals surface area contributed by atoms with Crippen LogP contribution in [0.1, 0.15) is 25.6 Å². The van der Waals surface area contributed by atoms with Crippen molar-refractivity contribution in [1.29, 1.82) is 0 Å². The second kappa shape index (κ2) is 7.45. The second-order valence-electron chi connectivity index (χ2n) is 3.40. The Morgan fingerprint density at radius 1 is 1.25 bits per heavy atom. The van der Waals surface area contributed by atoms with Gasteiger partial charge in [-0.2, -0.15) is 0 Å². The monoisotopic (exact) mass is 218 g/mol. The molecule has 4 heteroatoms. The summed E-state index contributed by atoms with van der Waals surface area (Å²) in [7, 11) is 0. The Hall–Kier alpha value is -1.84. The summed E-state index contributed by atoms with van der Waals surface area (Å²) >= 11 is 0. The van der Waals surface area contributed by atoms with E-state index in [4.69, 9.17) is 5.73 Å².